The molecule has 0 saturated carbocycles. The summed E-state index contributed by atoms with van der Waals surface area (Å²) in [6.07, 6.45) is 8.31. The van der Waals surface area contributed by atoms with Crippen molar-refractivity contribution in [3.8, 4) is 12.3 Å². The summed E-state index contributed by atoms with van der Waals surface area (Å²) in [7, 11) is 0. The molecule has 5 nitrogen and oxygen atoms in total. The molecular weight excluding hydrogens is 256 g/mol. The Kier molecular flexibility index (Phi) is 5.04. The second-order valence-electron chi connectivity index (χ2n) is 4.22. The van der Waals surface area contributed by atoms with Crippen molar-refractivity contribution in [3.05, 3.63) is 48.3 Å². The molecule has 0 aliphatic rings. The lowest BCUT2D eigenvalue weighted by molar-refractivity contribution is -0.132. The van der Waals surface area contributed by atoms with Gasteiger partial charge in [-0.2, -0.15) is 0 Å². The highest BCUT2D eigenvalue weighted by atomic mass is 16.3. The number of nitrogens with one attached hydrogen (secondary N) is 1. The van der Waals surface area contributed by atoms with Crippen LogP contribution >= 0.6 is 0 Å². The van der Waals surface area contributed by atoms with Gasteiger partial charge in [0.1, 0.15) is 11.5 Å². The summed E-state index contributed by atoms with van der Waals surface area (Å²) in [6, 6.07) is 7.25. The van der Waals surface area contributed by atoms with Crippen LogP contribution in [0.5, 0.6) is 0 Å². The fourth-order valence-corrected chi connectivity index (χ4v) is 1.77. The van der Waals surface area contributed by atoms with Gasteiger partial charge in [0.05, 0.1) is 38.7 Å². The van der Waals surface area contributed by atoms with Crippen molar-refractivity contribution in [2.24, 2.45) is 0 Å². The maximum atomic E-state index is 12.2. The van der Waals surface area contributed by atoms with E-state index < -0.39 is 0 Å². The van der Waals surface area contributed by atoms with Gasteiger partial charge in [-0.05, 0) is 24.3 Å². The maximum absolute atomic E-state index is 12.2. The molecule has 1 amide bonds. The molecule has 2 rings (SSSR count). The van der Waals surface area contributed by atoms with Crippen LogP contribution in [0.3, 0.4) is 0 Å². The molecule has 5 heteroatoms. The molecule has 0 aromatic carbocycles. The fourth-order valence-electron chi connectivity index (χ4n) is 1.77. The molecule has 0 radical (unpaired) electrons. The number of hydrogen-bond acceptors (Lipinski definition) is 4. The second-order valence-corrected chi connectivity index (χ2v) is 4.22. The molecule has 0 fully saturated rings. The summed E-state index contributed by atoms with van der Waals surface area (Å²) < 4.78 is 10.6. The van der Waals surface area contributed by atoms with Gasteiger partial charge in [0.15, 0.2) is 0 Å². The third kappa shape index (κ3) is 4.04. The van der Waals surface area contributed by atoms with Crippen molar-refractivity contribution >= 4 is 5.91 Å². The van der Waals surface area contributed by atoms with Crippen LogP contribution < -0.4 is 5.32 Å². The SMILES string of the molecule is C#CCNCC(=O)N(Cc1ccco1)Cc1ccco1. The lowest BCUT2D eigenvalue weighted by Gasteiger charge is -2.20. The topological polar surface area (TPSA) is 58.6 Å². The third-order valence-electron chi connectivity index (χ3n) is 2.71. The molecule has 2 aromatic heterocycles. The van der Waals surface area contributed by atoms with E-state index in [4.69, 9.17) is 15.3 Å². The van der Waals surface area contributed by atoms with E-state index in [2.05, 4.69) is 11.2 Å². The van der Waals surface area contributed by atoms with Crippen molar-refractivity contribution in [1.82, 2.24) is 10.2 Å². The fraction of sp³-hybridized carbons (Fsp3) is 0.267. The van der Waals surface area contributed by atoms with Crippen molar-refractivity contribution in [1.29, 1.82) is 0 Å². The normalized spacial score (nSPS) is 10.2. The van der Waals surface area contributed by atoms with Gasteiger partial charge in [-0.3, -0.25) is 10.1 Å². The van der Waals surface area contributed by atoms with Gasteiger partial charge in [-0.25, -0.2) is 0 Å². The highest BCUT2D eigenvalue weighted by Crippen LogP contribution is 2.11. The Morgan fingerprint density at radius 1 is 1.20 bits per heavy atom. The Balaban J connectivity index is 1.99. The largest absolute Gasteiger partial charge is 0.467 e. The van der Waals surface area contributed by atoms with Gasteiger partial charge in [0, 0.05) is 0 Å². The lowest BCUT2D eigenvalue weighted by Crippen LogP contribution is -2.37. The number of carbonyl (C=O) groups excluding carboxylic acids is 1. The highest BCUT2D eigenvalue weighted by Gasteiger charge is 2.16. The average Bonchev–Trinajstić information content (AvgIpc) is 3.11. The van der Waals surface area contributed by atoms with Gasteiger partial charge in [0.25, 0.3) is 0 Å². The van der Waals surface area contributed by atoms with Crippen LogP contribution in [0.4, 0.5) is 0 Å². The second kappa shape index (κ2) is 7.22. The average molecular weight is 272 g/mol. The molecule has 0 aliphatic heterocycles. The molecule has 1 N–H and O–H groups in total. The third-order valence-corrected chi connectivity index (χ3v) is 2.71. The van der Waals surface area contributed by atoms with Crippen LogP contribution in [0, 0.1) is 12.3 Å². The van der Waals surface area contributed by atoms with Crippen molar-refractivity contribution in [2.75, 3.05) is 13.1 Å². The predicted molar refractivity (Wildman–Crippen MR) is 73.4 cm³/mol. The Morgan fingerprint density at radius 3 is 2.25 bits per heavy atom. The summed E-state index contributed by atoms with van der Waals surface area (Å²) in [4.78, 5) is 13.8. The van der Waals surface area contributed by atoms with E-state index in [1.165, 1.54) is 0 Å². The zero-order valence-corrected chi connectivity index (χ0v) is 11.0. The first-order valence-corrected chi connectivity index (χ1v) is 6.26. The first kappa shape index (κ1) is 14.0. The summed E-state index contributed by atoms with van der Waals surface area (Å²) in [5.74, 6) is 3.82. The summed E-state index contributed by atoms with van der Waals surface area (Å²) >= 11 is 0. The molecule has 0 saturated heterocycles. The minimum absolute atomic E-state index is 0.0620. The lowest BCUT2D eigenvalue weighted by atomic mass is 10.3. The maximum Gasteiger partial charge on any atom is 0.237 e. The molecule has 20 heavy (non-hydrogen) atoms. The van der Waals surface area contributed by atoms with Gasteiger partial charge >= 0.3 is 0 Å². The molecule has 0 spiro atoms. The smallest absolute Gasteiger partial charge is 0.237 e. The zero-order chi connectivity index (χ0) is 14.2. The summed E-state index contributed by atoms with van der Waals surface area (Å²) in [5, 5.41) is 2.89. The van der Waals surface area contributed by atoms with Gasteiger partial charge < -0.3 is 13.7 Å². The van der Waals surface area contributed by atoms with Crippen LogP contribution in [-0.4, -0.2) is 23.9 Å². The van der Waals surface area contributed by atoms with E-state index in [1.807, 2.05) is 12.1 Å². The minimum Gasteiger partial charge on any atom is -0.467 e. The minimum atomic E-state index is -0.0620. The van der Waals surface area contributed by atoms with E-state index in [-0.39, 0.29) is 12.5 Å². The van der Waals surface area contributed by atoms with Gasteiger partial charge in [-0.1, -0.05) is 5.92 Å². The van der Waals surface area contributed by atoms with E-state index in [9.17, 15) is 4.79 Å². The van der Waals surface area contributed by atoms with E-state index in [0.717, 1.165) is 11.5 Å². The Bertz CT molecular complexity index is 516. The first-order valence-electron chi connectivity index (χ1n) is 6.26. The monoisotopic (exact) mass is 272 g/mol. The number of terminal acetylenes is 1. The van der Waals surface area contributed by atoms with Gasteiger partial charge in [-0.15, -0.1) is 6.42 Å². The van der Waals surface area contributed by atoms with Crippen LogP contribution in [0.1, 0.15) is 11.5 Å². The first-order chi connectivity index (χ1) is 9.79. The zero-order valence-electron chi connectivity index (χ0n) is 11.0. The highest BCUT2D eigenvalue weighted by molar-refractivity contribution is 5.78. The molecule has 0 bridgehead atoms. The Hall–Kier alpha value is -2.45. The van der Waals surface area contributed by atoms with Crippen LogP contribution in [0.2, 0.25) is 0 Å². The Labute approximate surface area is 117 Å². The number of hydrogen-bond donors (Lipinski definition) is 1. The molecular formula is C15H16N2O3. The van der Waals surface area contributed by atoms with Crippen molar-refractivity contribution in [2.45, 2.75) is 13.1 Å². The van der Waals surface area contributed by atoms with Crippen molar-refractivity contribution < 1.29 is 13.6 Å². The molecule has 2 aromatic rings. The van der Waals surface area contributed by atoms with E-state index in [1.54, 1.807) is 29.6 Å². The molecule has 0 aliphatic carbocycles. The number of carbonyl (C=O) groups is 1. The van der Waals surface area contributed by atoms with Crippen molar-refractivity contribution in [3.63, 3.8) is 0 Å². The molecule has 0 unspecified atom stereocenters. The molecule has 2 heterocycles. The standard InChI is InChI=1S/C15H16N2O3/c1-2-7-16-10-15(18)17(11-13-5-3-8-19-13)12-14-6-4-9-20-14/h1,3-6,8-9,16H,7,10-12H2. The van der Waals surface area contributed by atoms with E-state index >= 15 is 0 Å². The van der Waals surface area contributed by atoms with Crippen LogP contribution in [0.15, 0.2) is 45.6 Å². The predicted octanol–water partition coefficient (Wildman–Crippen LogP) is 1.62. The number of amides is 1. The Morgan fingerprint density at radius 2 is 1.80 bits per heavy atom. The van der Waals surface area contributed by atoms with E-state index in [0.29, 0.717) is 19.6 Å². The molecule has 0 atom stereocenters. The van der Waals surface area contributed by atoms with Crippen LogP contribution in [0.25, 0.3) is 0 Å². The van der Waals surface area contributed by atoms with Crippen LogP contribution in [-0.2, 0) is 17.9 Å². The summed E-state index contributed by atoms with van der Waals surface area (Å²) in [5.41, 5.74) is 0. The molecule has 104 valence electrons. The number of furan rings is 2. The van der Waals surface area contributed by atoms with Gasteiger partial charge in [0.2, 0.25) is 5.91 Å². The number of rotatable bonds is 7. The quantitative estimate of drug-likeness (QED) is 0.614. The number of nitrogens with zero attached hydrogens (tertiary/aromatic N) is 1. The summed E-state index contributed by atoms with van der Waals surface area (Å²) in [6.45, 7) is 1.33.